The molecule has 0 bridgehead atoms. The minimum absolute atomic E-state index is 0.0508. The van der Waals surface area contributed by atoms with Gasteiger partial charge in [-0.05, 0) is 19.3 Å². The van der Waals surface area contributed by atoms with Gasteiger partial charge in [-0.25, -0.2) is 0 Å². The summed E-state index contributed by atoms with van der Waals surface area (Å²) in [5, 5.41) is 11.6. The van der Waals surface area contributed by atoms with E-state index >= 15 is 0 Å². The summed E-state index contributed by atoms with van der Waals surface area (Å²) in [5.41, 5.74) is 4.95. The zero-order valence-corrected chi connectivity index (χ0v) is 8.98. The topological polar surface area (TPSA) is 92.4 Å². The number of nitrogens with one attached hydrogen (secondary N) is 1. The van der Waals surface area contributed by atoms with Gasteiger partial charge in [-0.1, -0.05) is 12.2 Å². The number of aliphatic carboxylic acids is 1. The van der Waals surface area contributed by atoms with Gasteiger partial charge in [0.15, 0.2) is 0 Å². The summed E-state index contributed by atoms with van der Waals surface area (Å²) >= 11 is 0. The van der Waals surface area contributed by atoms with Gasteiger partial charge >= 0.3 is 5.97 Å². The van der Waals surface area contributed by atoms with Gasteiger partial charge in [-0.15, -0.1) is 0 Å². The monoisotopic (exact) mass is 224 g/mol. The summed E-state index contributed by atoms with van der Waals surface area (Å²) in [6.07, 6.45) is 5.53. The Balaban J connectivity index is 1.81. The molecule has 16 heavy (non-hydrogen) atoms. The fraction of sp³-hybridized carbons (Fsp3) is 0.636. The normalized spacial score (nSPS) is 30.1. The van der Waals surface area contributed by atoms with Gasteiger partial charge in [0.1, 0.15) is 0 Å². The Bertz CT molecular complexity index is 347. The second-order valence-corrected chi connectivity index (χ2v) is 4.69. The first kappa shape index (κ1) is 11.1. The van der Waals surface area contributed by atoms with Crippen molar-refractivity contribution in [3.63, 3.8) is 0 Å². The molecular weight excluding hydrogens is 208 g/mol. The van der Waals surface area contributed by atoms with Crippen LogP contribution in [-0.4, -0.2) is 29.6 Å². The van der Waals surface area contributed by atoms with Crippen LogP contribution in [0.5, 0.6) is 0 Å². The highest BCUT2D eigenvalue weighted by Gasteiger charge is 2.50. The molecule has 0 heterocycles. The lowest BCUT2D eigenvalue weighted by molar-refractivity contribution is -0.143. The lowest BCUT2D eigenvalue weighted by Gasteiger charge is -2.14. The molecule has 1 amide bonds. The van der Waals surface area contributed by atoms with E-state index in [1.54, 1.807) is 6.08 Å². The highest BCUT2D eigenvalue weighted by Crippen LogP contribution is 2.45. The van der Waals surface area contributed by atoms with Gasteiger partial charge in [-0.2, -0.15) is 0 Å². The first-order valence-corrected chi connectivity index (χ1v) is 5.48. The highest BCUT2D eigenvalue weighted by atomic mass is 16.4. The van der Waals surface area contributed by atoms with Crippen LogP contribution in [0.3, 0.4) is 0 Å². The maximum absolute atomic E-state index is 11.7. The Kier molecular flexibility index (Phi) is 2.71. The molecule has 1 fully saturated rings. The molecule has 2 rings (SSSR count). The van der Waals surface area contributed by atoms with E-state index in [9.17, 15) is 9.59 Å². The number of hydrogen-bond acceptors (Lipinski definition) is 3. The quantitative estimate of drug-likeness (QED) is 0.580. The zero-order valence-electron chi connectivity index (χ0n) is 8.98. The van der Waals surface area contributed by atoms with Crippen LogP contribution in [0.1, 0.15) is 19.3 Å². The minimum Gasteiger partial charge on any atom is -0.481 e. The molecule has 2 aliphatic carbocycles. The van der Waals surface area contributed by atoms with E-state index < -0.39 is 11.4 Å². The van der Waals surface area contributed by atoms with Crippen molar-refractivity contribution in [1.29, 1.82) is 0 Å². The molecule has 2 unspecified atom stereocenters. The average molecular weight is 224 g/mol. The lowest BCUT2D eigenvalue weighted by atomic mass is 10.1. The molecule has 5 nitrogen and oxygen atoms in total. The van der Waals surface area contributed by atoms with Gasteiger partial charge in [0.05, 0.1) is 11.3 Å². The predicted octanol–water partition coefficient (Wildman–Crippen LogP) is -0.129. The van der Waals surface area contributed by atoms with E-state index in [4.69, 9.17) is 10.8 Å². The summed E-state index contributed by atoms with van der Waals surface area (Å²) in [6.45, 7) is 0.237. The van der Waals surface area contributed by atoms with E-state index in [1.807, 2.05) is 6.08 Å². The second-order valence-electron chi connectivity index (χ2n) is 4.69. The first-order chi connectivity index (χ1) is 7.53. The van der Waals surface area contributed by atoms with Crippen LogP contribution in [0.25, 0.3) is 0 Å². The Labute approximate surface area is 93.7 Å². The van der Waals surface area contributed by atoms with Crippen LogP contribution in [0.2, 0.25) is 0 Å². The van der Waals surface area contributed by atoms with Crippen molar-refractivity contribution in [3.8, 4) is 0 Å². The number of carbonyl (C=O) groups is 2. The Morgan fingerprint density at radius 2 is 2.12 bits per heavy atom. The molecule has 0 saturated heterocycles. The predicted molar refractivity (Wildman–Crippen MR) is 57.5 cm³/mol. The smallest absolute Gasteiger partial charge is 0.311 e. The summed E-state index contributed by atoms with van der Waals surface area (Å²) in [5.74, 6) is -1.12. The number of rotatable bonds is 4. The number of nitrogens with two attached hydrogens (primary N) is 1. The molecule has 0 spiro atoms. The number of carboxylic acid groups (broad SMARTS) is 1. The van der Waals surface area contributed by atoms with Gasteiger partial charge < -0.3 is 16.2 Å². The van der Waals surface area contributed by atoms with E-state index in [-0.39, 0.29) is 24.4 Å². The van der Waals surface area contributed by atoms with Crippen LogP contribution < -0.4 is 11.1 Å². The summed E-state index contributed by atoms with van der Waals surface area (Å²) in [6, 6.07) is -0.0508. The van der Waals surface area contributed by atoms with E-state index in [2.05, 4.69) is 5.32 Å². The summed E-state index contributed by atoms with van der Waals surface area (Å²) < 4.78 is 0. The number of carboxylic acids is 1. The number of hydrogen-bond donors (Lipinski definition) is 3. The van der Waals surface area contributed by atoms with Gasteiger partial charge in [0.2, 0.25) is 5.91 Å². The maximum atomic E-state index is 11.7. The summed E-state index contributed by atoms with van der Waals surface area (Å²) in [7, 11) is 0. The minimum atomic E-state index is -0.813. The van der Waals surface area contributed by atoms with Crippen molar-refractivity contribution in [2.24, 2.45) is 17.1 Å². The number of amides is 1. The van der Waals surface area contributed by atoms with Crippen LogP contribution in [0.4, 0.5) is 0 Å². The van der Waals surface area contributed by atoms with Crippen LogP contribution in [0, 0.1) is 11.3 Å². The third-order valence-electron chi connectivity index (χ3n) is 3.36. The largest absolute Gasteiger partial charge is 0.481 e. The third kappa shape index (κ3) is 2.09. The molecule has 4 N–H and O–H groups in total. The second kappa shape index (κ2) is 3.90. The van der Waals surface area contributed by atoms with Crippen molar-refractivity contribution in [3.05, 3.63) is 12.2 Å². The molecule has 88 valence electrons. The fourth-order valence-corrected chi connectivity index (χ4v) is 1.93. The third-order valence-corrected chi connectivity index (χ3v) is 3.36. The zero-order chi connectivity index (χ0) is 11.8. The maximum Gasteiger partial charge on any atom is 0.311 e. The van der Waals surface area contributed by atoms with E-state index in [0.29, 0.717) is 19.3 Å². The van der Waals surface area contributed by atoms with Gasteiger partial charge in [0.25, 0.3) is 0 Å². The fourth-order valence-electron chi connectivity index (χ4n) is 1.93. The van der Waals surface area contributed by atoms with Crippen molar-refractivity contribution >= 4 is 11.9 Å². The molecular formula is C11H16N2O3. The van der Waals surface area contributed by atoms with Gasteiger partial charge in [-0.3, -0.25) is 9.59 Å². The van der Waals surface area contributed by atoms with Crippen LogP contribution >= 0.6 is 0 Å². The summed E-state index contributed by atoms with van der Waals surface area (Å²) in [4.78, 5) is 22.6. The average Bonchev–Trinajstić information content (AvgIpc) is 2.92. The van der Waals surface area contributed by atoms with E-state index in [0.717, 1.165) is 0 Å². The molecule has 2 atom stereocenters. The molecule has 0 radical (unpaired) electrons. The van der Waals surface area contributed by atoms with Crippen LogP contribution in [0.15, 0.2) is 12.2 Å². The van der Waals surface area contributed by atoms with Crippen LogP contribution in [-0.2, 0) is 9.59 Å². The molecule has 0 aromatic heterocycles. The molecule has 5 heteroatoms. The van der Waals surface area contributed by atoms with E-state index in [1.165, 1.54) is 0 Å². The highest BCUT2D eigenvalue weighted by molar-refractivity contribution is 5.83. The number of carbonyl (C=O) groups excluding carboxylic acids is 1. The standard InChI is InChI=1S/C11H16N2O3/c12-8-2-1-7(5-8)9(14)13-6-11(3-4-11)10(15)16/h1-2,7-8H,3-6,12H2,(H,13,14)(H,15,16). The van der Waals surface area contributed by atoms with Crippen molar-refractivity contribution in [2.75, 3.05) is 6.54 Å². The Morgan fingerprint density at radius 1 is 1.44 bits per heavy atom. The Morgan fingerprint density at radius 3 is 2.56 bits per heavy atom. The SMILES string of the molecule is NC1C=CC(C(=O)NCC2(C(=O)O)CC2)C1. The van der Waals surface area contributed by atoms with Crippen molar-refractivity contribution < 1.29 is 14.7 Å². The Hall–Kier alpha value is -1.36. The molecule has 0 aliphatic heterocycles. The lowest BCUT2D eigenvalue weighted by Crippen LogP contribution is -2.37. The molecule has 0 aromatic carbocycles. The van der Waals surface area contributed by atoms with Crippen molar-refractivity contribution in [1.82, 2.24) is 5.32 Å². The molecule has 0 aromatic rings. The first-order valence-electron chi connectivity index (χ1n) is 5.48. The molecule has 1 saturated carbocycles. The van der Waals surface area contributed by atoms with Crippen molar-refractivity contribution in [2.45, 2.75) is 25.3 Å². The molecule has 2 aliphatic rings. The van der Waals surface area contributed by atoms with Gasteiger partial charge in [0, 0.05) is 12.6 Å².